The van der Waals surface area contributed by atoms with Crippen molar-refractivity contribution >= 4 is 22.5 Å². The molecule has 1 amide bonds. The topological polar surface area (TPSA) is 54.9 Å². The standard InChI is InChI=1S/C22H17N3O/c1-15(26)25-18-10-8-16(9-11-18)17-13-20-19(21-6-2-3-12-23-21)5-4-7-22(20)24-14-17/h2-14H,1H3,(H,25,26). The van der Waals surface area contributed by atoms with Gasteiger partial charge in [-0.25, -0.2) is 0 Å². The van der Waals surface area contributed by atoms with Crippen LogP contribution in [0, 0.1) is 0 Å². The van der Waals surface area contributed by atoms with Crippen LogP contribution in [0.25, 0.3) is 33.3 Å². The lowest BCUT2D eigenvalue weighted by molar-refractivity contribution is -0.114. The normalized spacial score (nSPS) is 10.7. The van der Waals surface area contributed by atoms with Crippen molar-refractivity contribution in [3.8, 4) is 22.4 Å². The largest absolute Gasteiger partial charge is 0.326 e. The highest BCUT2D eigenvalue weighted by atomic mass is 16.1. The van der Waals surface area contributed by atoms with Gasteiger partial charge in [-0.2, -0.15) is 0 Å². The third-order valence-corrected chi connectivity index (χ3v) is 4.21. The molecule has 0 unspecified atom stereocenters. The minimum Gasteiger partial charge on any atom is -0.326 e. The van der Waals surface area contributed by atoms with Crippen LogP contribution in [0.3, 0.4) is 0 Å². The van der Waals surface area contributed by atoms with Gasteiger partial charge in [-0.15, -0.1) is 0 Å². The van der Waals surface area contributed by atoms with Crippen LogP contribution in [0.5, 0.6) is 0 Å². The second-order valence-corrected chi connectivity index (χ2v) is 6.07. The summed E-state index contributed by atoms with van der Waals surface area (Å²) in [6.45, 7) is 1.50. The number of aromatic nitrogens is 2. The van der Waals surface area contributed by atoms with Crippen molar-refractivity contribution in [2.75, 3.05) is 5.32 Å². The van der Waals surface area contributed by atoms with E-state index in [9.17, 15) is 4.79 Å². The van der Waals surface area contributed by atoms with Crippen LogP contribution < -0.4 is 5.32 Å². The van der Waals surface area contributed by atoms with Gasteiger partial charge in [0.1, 0.15) is 0 Å². The fraction of sp³-hybridized carbons (Fsp3) is 0.0455. The summed E-state index contributed by atoms with van der Waals surface area (Å²) in [5.74, 6) is -0.0786. The van der Waals surface area contributed by atoms with Crippen molar-refractivity contribution in [3.05, 3.63) is 79.1 Å². The number of fused-ring (bicyclic) bond motifs is 1. The summed E-state index contributed by atoms with van der Waals surface area (Å²) < 4.78 is 0. The van der Waals surface area contributed by atoms with Crippen LogP contribution in [0.1, 0.15) is 6.92 Å². The molecule has 4 nitrogen and oxygen atoms in total. The van der Waals surface area contributed by atoms with E-state index in [2.05, 4.69) is 27.4 Å². The first-order valence-electron chi connectivity index (χ1n) is 8.39. The number of nitrogens with one attached hydrogen (secondary N) is 1. The molecule has 4 aromatic rings. The number of nitrogens with zero attached hydrogens (tertiary/aromatic N) is 2. The van der Waals surface area contributed by atoms with Gasteiger partial charge in [0.2, 0.25) is 5.91 Å². The highest BCUT2D eigenvalue weighted by molar-refractivity contribution is 5.96. The zero-order chi connectivity index (χ0) is 17.9. The second kappa shape index (κ2) is 6.76. The number of hydrogen-bond donors (Lipinski definition) is 1. The van der Waals surface area contributed by atoms with Gasteiger partial charge in [0.15, 0.2) is 0 Å². The zero-order valence-electron chi connectivity index (χ0n) is 14.3. The Kier molecular flexibility index (Phi) is 4.15. The molecule has 0 aliphatic carbocycles. The van der Waals surface area contributed by atoms with E-state index in [1.54, 1.807) is 6.20 Å². The second-order valence-electron chi connectivity index (χ2n) is 6.07. The number of pyridine rings is 2. The van der Waals surface area contributed by atoms with Crippen molar-refractivity contribution in [1.82, 2.24) is 9.97 Å². The van der Waals surface area contributed by atoms with E-state index in [0.29, 0.717) is 0 Å². The van der Waals surface area contributed by atoms with Crippen molar-refractivity contribution in [2.45, 2.75) is 6.92 Å². The fourth-order valence-electron chi connectivity index (χ4n) is 3.00. The molecule has 0 radical (unpaired) electrons. The molecule has 0 atom stereocenters. The Morgan fingerprint density at radius 3 is 2.46 bits per heavy atom. The fourth-order valence-corrected chi connectivity index (χ4v) is 3.00. The number of hydrogen-bond acceptors (Lipinski definition) is 3. The highest BCUT2D eigenvalue weighted by Crippen LogP contribution is 2.30. The molecule has 1 N–H and O–H groups in total. The molecule has 0 aliphatic rings. The maximum Gasteiger partial charge on any atom is 0.221 e. The smallest absolute Gasteiger partial charge is 0.221 e. The monoisotopic (exact) mass is 339 g/mol. The summed E-state index contributed by atoms with van der Waals surface area (Å²) in [4.78, 5) is 20.2. The number of carbonyl (C=O) groups excluding carboxylic acids is 1. The first kappa shape index (κ1) is 16.0. The lowest BCUT2D eigenvalue weighted by Gasteiger charge is -2.09. The number of carbonyl (C=O) groups is 1. The van der Waals surface area contributed by atoms with Crippen LogP contribution in [0.4, 0.5) is 5.69 Å². The lowest BCUT2D eigenvalue weighted by Crippen LogP contribution is -2.05. The summed E-state index contributed by atoms with van der Waals surface area (Å²) in [5.41, 5.74) is 5.78. The van der Waals surface area contributed by atoms with Crippen molar-refractivity contribution in [1.29, 1.82) is 0 Å². The zero-order valence-corrected chi connectivity index (χ0v) is 14.3. The quantitative estimate of drug-likeness (QED) is 0.576. The van der Waals surface area contributed by atoms with E-state index in [-0.39, 0.29) is 5.91 Å². The van der Waals surface area contributed by atoms with Gasteiger partial charge in [0.25, 0.3) is 0 Å². The maximum absolute atomic E-state index is 11.2. The lowest BCUT2D eigenvalue weighted by atomic mass is 10.0. The Labute approximate surface area is 151 Å². The maximum atomic E-state index is 11.2. The summed E-state index contributed by atoms with van der Waals surface area (Å²) in [6, 6.07) is 21.9. The van der Waals surface area contributed by atoms with Crippen molar-refractivity contribution in [2.24, 2.45) is 0 Å². The summed E-state index contributed by atoms with van der Waals surface area (Å²) in [5, 5.41) is 3.85. The van der Waals surface area contributed by atoms with Gasteiger partial charge >= 0.3 is 0 Å². The molecule has 2 aromatic carbocycles. The van der Waals surface area contributed by atoms with Crippen LogP contribution in [-0.2, 0) is 4.79 Å². The molecular formula is C22H17N3O. The molecule has 0 saturated carbocycles. The third kappa shape index (κ3) is 3.17. The predicted octanol–water partition coefficient (Wildman–Crippen LogP) is 4.92. The molecule has 2 aromatic heterocycles. The predicted molar refractivity (Wildman–Crippen MR) is 105 cm³/mol. The Hall–Kier alpha value is -3.53. The molecule has 0 fully saturated rings. The molecule has 0 saturated heterocycles. The summed E-state index contributed by atoms with van der Waals surface area (Å²) in [6.07, 6.45) is 3.67. The number of amides is 1. The molecular weight excluding hydrogens is 322 g/mol. The summed E-state index contributed by atoms with van der Waals surface area (Å²) in [7, 11) is 0. The van der Waals surface area contributed by atoms with Crippen LogP contribution >= 0.6 is 0 Å². The van der Waals surface area contributed by atoms with Gasteiger partial charge in [0.05, 0.1) is 11.2 Å². The van der Waals surface area contributed by atoms with Crippen molar-refractivity contribution < 1.29 is 4.79 Å². The Morgan fingerprint density at radius 1 is 0.885 bits per heavy atom. The van der Waals surface area contributed by atoms with E-state index in [1.807, 2.05) is 60.8 Å². The van der Waals surface area contributed by atoms with E-state index < -0.39 is 0 Å². The van der Waals surface area contributed by atoms with Crippen molar-refractivity contribution in [3.63, 3.8) is 0 Å². The number of benzene rings is 2. The van der Waals surface area contributed by atoms with Crippen LogP contribution in [0.2, 0.25) is 0 Å². The van der Waals surface area contributed by atoms with E-state index >= 15 is 0 Å². The minimum absolute atomic E-state index is 0.0786. The Bertz CT molecular complexity index is 1070. The molecule has 0 aliphatic heterocycles. The van der Waals surface area contributed by atoms with Gasteiger partial charge in [-0.05, 0) is 42.0 Å². The van der Waals surface area contributed by atoms with Crippen LogP contribution in [0.15, 0.2) is 79.1 Å². The SMILES string of the molecule is CC(=O)Nc1ccc(-c2cnc3cccc(-c4ccccn4)c3c2)cc1. The third-order valence-electron chi connectivity index (χ3n) is 4.21. The Morgan fingerprint density at radius 2 is 1.73 bits per heavy atom. The van der Waals surface area contributed by atoms with Crippen LogP contribution in [-0.4, -0.2) is 15.9 Å². The minimum atomic E-state index is -0.0786. The highest BCUT2D eigenvalue weighted by Gasteiger charge is 2.08. The van der Waals surface area contributed by atoms with E-state index in [0.717, 1.165) is 39.0 Å². The molecule has 2 heterocycles. The molecule has 0 bridgehead atoms. The van der Waals surface area contributed by atoms with Gasteiger partial charge < -0.3 is 5.32 Å². The molecule has 126 valence electrons. The molecule has 0 spiro atoms. The van der Waals surface area contributed by atoms with Gasteiger partial charge in [-0.3, -0.25) is 14.8 Å². The molecule has 4 heteroatoms. The summed E-state index contributed by atoms with van der Waals surface area (Å²) >= 11 is 0. The van der Waals surface area contributed by atoms with Gasteiger partial charge in [-0.1, -0.05) is 30.3 Å². The number of rotatable bonds is 3. The van der Waals surface area contributed by atoms with E-state index in [4.69, 9.17) is 0 Å². The average molecular weight is 339 g/mol. The Balaban J connectivity index is 1.79. The molecule has 26 heavy (non-hydrogen) atoms. The van der Waals surface area contributed by atoms with Gasteiger partial charge in [0, 0.05) is 41.5 Å². The average Bonchev–Trinajstić information content (AvgIpc) is 2.68. The first-order chi connectivity index (χ1) is 12.7. The number of anilines is 1. The first-order valence-corrected chi connectivity index (χ1v) is 8.39. The molecule has 4 rings (SSSR count). The van der Waals surface area contributed by atoms with E-state index in [1.165, 1.54) is 6.92 Å².